The van der Waals surface area contributed by atoms with E-state index in [1.807, 2.05) is 36.4 Å². The zero-order valence-electron chi connectivity index (χ0n) is 11.0. The van der Waals surface area contributed by atoms with E-state index >= 15 is 0 Å². The minimum atomic E-state index is 0.255. The van der Waals surface area contributed by atoms with Crippen LogP contribution in [0, 0.1) is 0 Å². The molecule has 1 aromatic heterocycles. The number of benzene rings is 2. The molecule has 0 N–H and O–H groups in total. The second-order valence-corrected chi connectivity index (χ2v) is 4.94. The van der Waals surface area contributed by atoms with Gasteiger partial charge in [-0.3, -0.25) is 9.59 Å². The maximum atomic E-state index is 11.6. The highest BCUT2D eigenvalue weighted by molar-refractivity contribution is 6.29. The van der Waals surface area contributed by atoms with Crippen LogP contribution in [-0.4, -0.2) is 12.6 Å². The van der Waals surface area contributed by atoms with E-state index in [2.05, 4.69) is 0 Å². The Bertz CT molecular complexity index is 923. The Morgan fingerprint density at radius 1 is 0.810 bits per heavy atom. The lowest BCUT2D eigenvalue weighted by atomic mass is 10.0. The van der Waals surface area contributed by atoms with Crippen LogP contribution in [0.4, 0.5) is 0 Å². The SMILES string of the molecule is O=CC1=C(c2ccc(C=O)o2)c2cccc3cccc1c23. The highest BCUT2D eigenvalue weighted by atomic mass is 16.3. The number of hydrogen-bond donors (Lipinski definition) is 0. The second-order valence-electron chi connectivity index (χ2n) is 4.94. The third-order valence-electron chi connectivity index (χ3n) is 3.84. The van der Waals surface area contributed by atoms with Crippen LogP contribution in [0.2, 0.25) is 0 Å². The normalized spacial score (nSPS) is 13.0. The van der Waals surface area contributed by atoms with Gasteiger partial charge in [0.1, 0.15) is 5.76 Å². The van der Waals surface area contributed by atoms with Crippen molar-refractivity contribution in [2.75, 3.05) is 0 Å². The summed E-state index contributed by atoms with van der Waals surface area (Å²) in [5.41, 5.74) is 3.24. The van der Waals surface area contributed by atoms with Gasteiger partial charge in [-0.2, -0.15) is 0 Å². The first-order chi connectivity index (χ1) is 10.3. The molecule has 0 saturated carbocycles. The van der Waals surface area contributed by atoms with Gasteiger partial charge in [-0.05, 0) is 34.0 Å². The van der Waals surface area contributed by atoms with Crippen LogP contribution >= 0.6 is 0 Å². The largest absolute Gasteiger partial charge is 0.453 e. The number of allylic oxidation sites excluding steroid dienone is 1. The van der Waals surface area contributed by atoms with E-state index in [1.165, 1.54) is 0 Å². The van der Waals surface area contributed by atoms with Crippen LogP contribution in [0.1, 0.15) is 27.4 Å². The van der Waals surface area contributed by atoms with Gasteiger partial charge in [-0.15, -0.1) is 0 Å². The van der Waals surface area contributed by atoms with Crippen LogP contribution < -0.4 is 0 Å². The molecule has 21 heavy (non-hydrogen) atoms. The summed E-state index contributed by atoms with van der Waals surface area (Å²) in [7, 11) is 0. The summed E-state index contributed by atoms with van der Waals surface area (Å²) in [6.45, 7) is 0. The van der Waals surface area contributed by atoms with Crippen LogP contribution in [0.5, 0.6) is 0 Å². The molecule has 3 nitrogen and oxygen atoms in total. The van der Waals surface area contributed by atoms with Crippen LogP contribution in [0.15, 0.2) is 52.9 Å². The molecule has 3 aromatic rings. The maximum absolute atomic E-state index is 11.6. The maximum Gasteiger partial charge on any atom is 0.185 e. The predicted molar refractivity (Wildman–Crippen MR) is 80.0 cm³/mol. The molecule has 0 aliphatic heterocycles. The lowest BCUT2D eigenvalue weighted by Gasteiger charge is -2.03. The molecule has 2 aromatic carbocycles. The van der Waals surface area contributed by atoms with Gasteiger partial charge >= 0.3 is 0 Å². The van der Waals surface area contributed by atoms with Crippen molar-refractivity contribution in [3.8, 4) is 0 Å². The summed E-state index contributed by atoms with van der Waals surface area (Å²) < 4.78 is 5.53. The van der Waals surface area contributed by atoms with Crippen LogP contribution in [-0.2, 0) is 4.79 Å². The smallest absolute Gasteiger partial charge is 0.185 e. The fraction of sp³-hybridized carbons (Fsp3) is 0. The number of aldehydes is 2. The molecular weight excluding hydrogens is 264 g/mol. The Hall–Kier alpha value is -2.94. The van der Waals surface area contributed by atoms with E-state index < -0.39 is 0 Å². The zero-order chi connectivity index (χ0) is 14.4. The molecule has 0 amide bonds. The number of furan rings is 1. The molecule has 1 heterocycles. The molecule has 0 atom stereocenters. The zero-order valence-corrected chi connectivity index (χ0v) is 11.0. The van der Waals surface area contributed by atoms with Crippen molar-refractivity contribution in [1.29, 1.82) is 0 Å². The van der Waals surface area contributed by atoms with Gasteiger partial charge in [0, 0.05) is 11.1 Å². The van der Waals surface area contributed by atoms with E-state index in [9.17, 15) is 9.59 Å². The summed E-state index contributed by atoms with van der Waals surface area (Å²) in [6.07, 6.45) is 1.51. The van der Waals surface area contributed by atoms with E-state index in [4.69, 9.17) is 4.42 Å². The standard InChI is InChI=1S/C18H10O3/c19-9-12-7-8-16(21-12)18-14-6-2-4-11-3-1-5-13(17(11)14)15(18)10-20/h1-10H. The number of carbonyl (C=O) groups excluding carboxylic acids is 2. The summed E-state index contributed by atoms with van der Waals surface area (Å²) in [6, 6.07) is 15.2. The molecule has 1 aliphatic rings. The van der Waals surface area contributed by atoms with Gasteiger partial charge in [0.2, 0.25) is 0 Å². The first-order valence-electron chi connectivity index (χ1n) is 6.61. The summed E-state index contributed by atoms with van der Waals surface area (Å²) in [5.74, 6) is 0.800. The van der Waals surface area contributed by atoms with Crippen molar-refractivity contribution in [2.24, 2.45) is 0 Å². The summed E-state index contributed by atoms with van der Waals surface area (Å²) >= 11 is 0. The van der Waals surface area contributed by atoms with Crippen LogP contribution in [0.25, 0.3) is 21.9 Å². The lowest BCUT2D eigenvalue weighted by Crippen LogP contribution is -1.86. The van der Waals surface area contributed by atoms with Crippen molar-refractivity contribution >= 4 is 34.5 Å². The Kier molecular flexibility index (Phi) is 2.42. The second kappa shape index (κ2) is 4.28. The van der Waals surface area contributed by atoms with E-state index in [0.29, 0.717) is 17.6 Å². The quantitative estimate of drug-likeness (QED) is 0.684. The van der Waals surface area contributed by atoms with Crippen molar-refractivity contribution in [3.63, 3.8) is 0 Å². The van der Waals surface area contributed by atoms with Gasteiger partial charge in [0.25, 0.3) is 0 Å². The highest BCUT2D eigenvalue weighted by Crippen LogP contribution is 2.44. The van der Waals surface area contributed by atoms with Crippen LogP contribution in [0.3, 0.4) is 0 Å². The van der Waals surface area contributed by atoms with Gasteiger partial charge < -0.3 is 4.42 Å². The number of carbonyl (C=O) groups is 2. The minimum absolute atomic E-state index is 0.255. The third kappa shape index (κ3) is 1.54. The molecule has 0 unspecified atom stereocenters. The molecule has 100 valence electrons. The van der Waals surface area contributed by atoms with Crippen molar-refractivity contribution < 1.29 is 14.0 Å². The van der Waals surface area contributed by atoms with E-state index in [1.54, 1.807) is 12.1 Å². The lowest BCUT2D eigenvalue weighted by molar-refractivity contribution is -0.103. The minimum Gasteiger partial charge on any atom is -0.453 e. The van der Waals surface area contributed by atoms with Crippen molar-refractivity contribution in [1.82, 2.24) is 0 Å². The average Bonchev–Trinajstić information content (AvgIpc) is 3.11. The highest BCUT2D eigenvalue weighted by Gasteiger charge is 2.26. The molecule has 0 radical (unpaired) electrons. The predicted octanol–water partition coefficient (Wildman–Crippen LogP) is 3.72. The van der Waals surface area contributed by atoms with Crippen molar-refractivity contribution in [3.05, 3.63) is 71.2 Å². The summed E-state index contributed by atoms with van der Waals surface area (Å²) in [5, 5.41) is 2.14. The third-order valence-corrected chi connectivity index (χ3v) is 3.84. The van der Waals surface area contributed by atoms with E-state index in [-0.39, 0.29) is 5.76 Å². The first-order valence-corrected chi connectivity index (χ1v) is 6.61. The van der Waals surface area contributed by atoms with E-state index in [0.717, 1.165) is 33.8 Å². The Morgan fingerprint density at radius 2 is 1.57 bits per heavy atom. The number of hydrogen-bond acceptors (Lipinski definition) is 3. The van der Waals surface area contributed by atoms with Gasteiger partial charge in [-0.25, -0.2) is 0 Å². The Balaban J connectivity index is 2.08. The topological polar surface area (TPSA) is 47.3 Å². The number of rotatable bonds is 3. The Morgan fingerprint density at radius 3 is 2.24 bits per heavy atom. The van der Waals surface area contributed by atoms with Gasteiger partial charge in [0.05, 0.1) is 0 Å². The Labute approximate surface area is 120 Å². The average molecular weight is 274 g/mol. The monoisotopic (exact) mass is 274 g/mol. The molecule has 0 fully saturated rings. The molecule has 3 heteroatoms. The van der Waals surface area contributed by atoms with Gasteiger partial charge in [-0.1, -0.05) is 36.4 Å². The molecule has 0 saturated heterocycles. The molecule has 1 aliphatic carbocycles. The molecule has 0 spiro atoms. The van der Waals surface area contributed by atoms with Crippen molar-refractivity contribution in [2.45, 2.75) is 0 Å². The summed E-state index contributed by atoms with van der Waals surface area (Å²) in [4.78, 5) is 22.4. The molecule has 4 rings (SSSR count). The fourth-order valence-electron chi connectivity index (χ4n) is 2.99. The first kappa shape index (κ1) is 11.9. The fourth-order valence-corrected chi connectivity index (χ4v) is 2.99. The van der Waals surface area contributed by atoms with Gasteiger partial charge in [0.15, 0.2) is 18.3 Å². The molecule has 0 bridgehead atoms. The molecular formula is C18H10O3.